The Labute approximate surface area is 139 Å². The first-order valence-electron chi connectivity index (χ1n) is 7.12. The summed E-state index contributed by atoms with van der Waals surface area (Å²) in [4.78, 5) is 25.5. The summed E-state index contributed by atoms with van der Waals surface area (Å²) in [7, 11) is 0.742. The highest BCUT2D eigenvalue weighted by Crippen LogP contribution is 2.26. The lowest BCUT2D eigenvalue weighted by Crippen LogP contribution is -2.40. The SMILES string of the molecule is COC(=O)C1=C(C(=O)OC)N(c2ccc(C)c(B(O)O)c2)COC1. The quantitative estimate of drug-likeness (QED) is 0.537. The predicted octanol–water partition coefficient (Wildman–Crippen LogP) is -0.931. The van der Waals surface area contributed by atoms with Gasteiger partial charge in [-0.1, -0.05) is 11.6 Å². The van der Waals surface area contributed by atoms with Crippen LogP contribution in [0.1, 0.15) is 5.56 Å². The molecule has 0 fully saturated rings. The van der Waals surface area contributed by atoms with Crippen molar-refractivity contribution < 1.29 is 33.8 Å². The first kappa shape index (κ1) is 18.0. The minimum Gasteiger partial charge on any atom is -0.466 e. The third kappa shape index (κ3) is 3.43. The highest BCUT2D eigenvalue weighted by Gasteiger charge is 2.32. The van der Waals surface area contributed by atoms with Crippen molar-refractivity contribution in [3.8, 4) is 0 Å². The molecule has 0 spiro atoms. The minimum atomic E-state index is -1.67. The molecule has 1 heterocycles. The number of hydrogen-bond donors (Lipinski definition) is 2. The van der Waals surface area contributed by atoms with Gasteiger partial charge in [0.2, 0.25) is 0 Å². The van der Waals surface area contributed by atoms with E-state index in [-0.39, 0.29) is 30.1 Å². The van der Waals surface area contributed by atoms with Gasteiger partial charge in [0.1, 0.15) is 12.4 Å². The van der Waals surface area contributed by atoms with E-state index in [4.69, 9.17) is 9.47 Å². The lowest BCUT2D eigenvalue weighted by Gasteiger charge is -2.31. The van der Waals surface area contributed by atoms with E-state index < -0.39 is 19.1 Å². The van der Waals surface area contributed by atoms with Crippen LogP contribution in [-0.2, 0) is 23.8 Å². The van der Waals surface area contributed by atoms with Crippen LogP contribution in [0.5, 0.6) is 0 Å². The van der Waals surface area contributed by atoms with Crippen LogP contribution in [0.4, 0.5) is 5.69 Å². The molecule has 0 saturated carbocycles. The Morgan fingerprint density at radius 1 is 1.21 bits per heavy atom. The van der Waals surface area contributed by atoms with Crippen LogP contribution in [0, 0.1) is 6.92 Å². The summed E-state index contributed by atoms with van der Waals surface area (Å²) in [6, 6.07) is 4.85. The molecule has 0 aromatic heterocycles. The van der Waals surface area contributed by atoms with Crippen LogP contribution in [-0.4, -0.2) is 56.7 Å². The van der Waals surface area contributed by atoms with E-state index >= 15 is 0 Å². The van der Waals surface area contributed by atoms with E-state index in [9.17, 15) is 19.6 Å². The second kappa shape index (κ2) is 7.48. The molecule has 0 amide bonds. The van der Waals surface area contributed by atoms with Gasteiger partial charge in [0, 0.05) is 5.69 Å². The summed E-state index contributed by atoms with van der Waals surface area (Å²) in [6.45, 7) is 1.63. The normalized spacial score (nSPS) is 14.5. The molecule has 2 rings (SSSR count). The molecule has 1 aromatic carbocycles. The Balaban J connectivity index is 2.57. The number of nitrogens with zero attached hydrogens (tertiary/aromatic N) is 1. The number of methoxy groups -OCH3 is 2. The van der Waals surface area contributed by atoms with Crippen LogP contribution >= 0.6 is 0 Å². The molecule has 0 bridgehead atoms. The molecule has 128 valence electrons. The highest BCUT2D eigenvalue weighted by molar-refractivity contribution is 6.59. The van der Waals surface area contributed by atoms with E-state index in [1.165, 1.54) is 25.2 Å². The number of esters is 2. The summed E-state index contributed by atoms with van der Waals surface area (Å²) in [5.74, 6) is -1.42. The van der Waals surface area contributed by atoms with Gasteiger partial charge in [-0.25, -0.2) is 9.59 Å². The van der Waals surface area contributed by atoms with Crippen LogP contribution in [0.15, 0.2) is 29.5 Å². The predicted molar refractivity (Wildman–Crippen MR) is 85.4 cm³/mol. The molecule has 0 unspecified atom stereocenters. The molecule has 24 heavy (non-hydrogen) atoms. The lowest BCUT2D eigenvalue weighted by molar-refractivity contribution is -0.140. The van der Waals surface area contributed by atoms with Crippen molar-refractivity contribution in [1.82, 2.24) is 0 Å². The van der Waals surface area contributed by atoms with Gasteiger partial charge in [-0.2, -0.15) is 0 Å². The Hall–Kier alpha value is -2.36. The van der Waals surface area contributed by atoms with Crippen molar-refractivity contribution in [1.29, 1.82) is 0 Å². The molecule has 0 saturated heterocycles. The van der Waals surface area contributed by atoms with Gasteiger partial charge in [-0.05, 0) is 24.5 Å². The van der Waals surface area contributed by atoms with Crippen molar-refractivity contribution in [2.24, 2.45) is 0 Å². The van der Waals surface area contributed by atoms with Gasteiger partial charge >= 0.3 is 19.1 Å². The number of carbonyl (C=O) groups is 2. The second-order valence-corrected chi connectivity index (χ2v) is 5.13. The summed E-state index contributed by atoms with van der Waals surface area (Å²) in [6.07, 6.45) is 0. The second-order valence-electron chi connectivity index (χ2n) is 5.13. The number of carbonyl (C=O) groups excluding carboxylic acids is 2. The Morgan fingerprint density at radius 2 is 1.88 bits per heavy atom. The van der Waals surface area contributed by atoms with Gasteiger partial charge in [-0.3, -0.25) is 0 Å². The molecular formula is C15H18BNO7. The summed E-state index contributed by atoms with van der Waals surface area (Å²) in [5, 5.41) is 18.9. The maximum atomic E-state index is 12.2. The number of aryl methyl sites for hydroxylation is 1. The molecular weight excluding hydrogens is 317 g/mol. The third-order valence-corrected chi connectivity index (χ3v) is 3.69. The topological polar surface area (TPSA) is 106 Å². The Bertz CT molecular complexity index is 686. The summed E-state index contributed by atoms with van der Waals surface area (Å²) in [5.41, 5.74) is 1.43. The molecule has 0 radical (unpaired) electrons. The fourth-order valence-corrected chi connectivity index (χ4v) is 2.42. The molecule has 1 aliphatic heterocycles. The average molecular weight is 335 g/mol. The van der Waals surface area contributed by atoms with Crippen molar-refractivity contribution >= 4 is 30.2 Å². The van der Waals surface area contributed by atoms with Gasteiger partial charge in [0.25, 0.3) is 0 Å². The average Bonchev–Trinajstić information content (AvgIpc) is 2.59. The lowest BCUT2D eigenvalue weighted by atomic mass is 9.77. The molecule has 9 heteroatoms. The highest BCUT2D eigenvalue weighted by atomic mass is 16.5. The Morgan fingerprint density at radius 3 is 2.46 bits per heavy atom. The standard InChI is InChI=1S/C15H18BNO7/c1-9-4-5-10(6-12(9)16(20)21)17-8-24-7-11(14(18)22-2)13(17)15(19)23-3/h4-6,20-21H,7-8H2,1-3H3. The number of ether oxygens (including phenoxy) is 3. The Kier molecular flexibility index (Phi) is 5.60. The van der Waals surface area contributed by atoms with Gasteiger partial charge in [0.15, 0.2) is 0 Å². The molecule has 0 aliphatic carbocycles. The minimum absolute atomic E-state index is 0.00201. The largest absolute Gasteiger partial charge is 0.488 e. The molecule has 1 aliphatic rings. The van der Waals surface area contributed by atoms with E-state index in [2.05, 4.69) is 4.74 Å². The van der Waals surface area contributed by atoms with E-state index in [1.807, 2.05) is 0 Å². The van der Waals surface area contributed by atoms with E-state index in [0.29, 0.717) is 11.3 Å². The van der Waals surface area contributed by atoms with Gasteiger partial charge < -0.3 is 29.2 Å². The maximum Gasteiger partial charge on any atom is 0.488 e. The van der Waals surface area contributed by atoms with Crippen LogP contribution < -0.4 is 10.4 Å². The number of rotatable bonds is 4. The number of benzene rings is 1. The van der Waals surface area contributed by atoms with Crippen LogP contribution in [0.2, 0.25) is 0 Å². The molecule has 1 aromatic rings. The van der Waals surface area contributed by atoms with Crippen molar-refractivity contribution in [3.63, 3.8) is 0 Å². The zero-order valence-electron chi connectivity index (χ0n) is 13.6. The van der Waals surface area contributed by atoms with Crippen molar-refractivity contribution in [2.75, 3.05) is 32.5 Å². The van der Waals surface area contributed by atoms with E-state index in [1.54, 1.807) is 19.1 Å². The van der Waals surface area contributed by atoms with E-state index in [0.717, 1.165) is 0 Å². The van der Waals surface area contributed by atoms with Crippen molar-refractivity contribution in [2.45, 2.75) is 6.92 Å². The summed E-state index contributed by atoms with van der Waals surface area (Å²) < 4.78 is 14.8. The number of anilines is 1. The summed E-state index contributed by atoms with van der Waals surface area (Å²) >= 11 is 0. The van der Waals surface area contributed by atoms with Gasteiger partial charge in [-0.15, -0.1) is 0 Å². The molecule has 0 atom stereocenters. The first-order valence-corrected chi connectivity index (χ1v) is 7.12. The van der Waals surface area contributed by atoms with Crippen LogP contribution in [0.3, 0.4) is 0 Å². The number of hydrogen-bond acceptors (Lipinski definition) is 8. The zero-order chi connectivity index (χ0) is 17.9. The zero-order valence-corrected chi connectivity index (χ0v) is 13.6. The smallest absolute Gasteiger partial charge is 0.466 e. The molecule has 2 N–H and O–H groups in total. The monoisotopic (exact) mass is 335 g/mol. The maximum absolute atomic E-state index is 12.2. The van der Waals surface area contributed by atoms with Gasteiger partial charge in [0.05, 0.1) is 26.4 Å². The first-order chi connectivity index (χ1) is 11.4. The van der Waals surface area contributed by atoms with Crippen molar-refractivity contribution in [3.05, 3.63) is 35.0 Å². The molecule has 8 nitrogen and oxygen atoms in total. The fourth-order valence-electron chi connectivity index (χ4n) is 2.42. The van der Waals surface area contributed by atoms with Crippen LogP contribution in [0.25, 0.3) is 0 Å². The third-order valence-electron chi connectivity index (χ3n) is 3.69. The fraction of sp³-hybridized carbons (Fsp3) is 0.333.